The molecule has 0 radical (unpaired) electrons. The van der Waals surface area contributed by atoms with Crippen LogP contribution in [0.4, 0.5) is 0 Å². The van der Waals surface area contributed by atoms with Gasteiger partial charge in [0.25, 0.3) is 0 Å². The lowest BCUT2D eigenvalue weighted by atomic mass is 10.1. The molecule has 0 aromatic heterocycles. The molecule has 10 nitrogen and oxygen atoms in total. The lowest BCUT2D eigenvalue weighted by molar-refractivity contribution is -0.144. The molecular formula is C88H170N4O6S2. The largest absolute Gasteiger partial charge is 0.464 e. The van der Waals surface area contributed by atoms with Gasteiger partial charge >= 0.3 is 5.97 Å². The van der Waals surface area contributed by atoms with Gasteiger partial charge in [0.15, 0.2) is 0 Å². The maximum absolute atomic E-state index is 12.9. The zero-order valence-corrected chi connectivity index (χ0v) is 68.5. The summed E-state index contributed by atoms with van der Waals surface area (Å²) in [5, 5.41) is 44.8. The summed E-state index contributed by atoms with van der Waals surface area (Å²) in [4.78, 5) is 22.6. The molecule has 1 saturated heterocycles. The second-order valence-electron chi connectivity index (χ2n) is 30.6. The van der Waals surface area contributed by atoms with Gasteiger partial charge in [0, 0.05) is 83.4 Å². The Kier molecular flexibility index (Phi) is 76.4. The van der Waals surface area contributed by atoms with E-state index in [1.807, 2.05) is 21.6 Å². The summed E-state index contributed by atoms with van der Waals surface area (Å²) >= 11 is 0. The van der Waals surface area contributed by atoms with E-state index in [0.717, 1.165) is 160 Å². The number of hydrogen-bond acceptors (Lipinski definition) is 12. The van der Waals surface area contributed by atoms with Crippen LogP contribution in [-0.4, -0.2) is 167 Å². The molecule has 590 valence electrons. The number of carbonyl (C=O) groups is 1. The predicted molar refractivity (Wildman–Crippen MR) is 443 cm³/mol. The number of rotatable bonds is 80. The smallest absolute Gasteiger partial charge is 0.305 e. The number of aliphatic hydroxyl groups excluding tert-OH is 4. The molecule has 0 amide bonds. The van der Waals surface area contributed by atoms with Crippen LogP contribution in [0, 0.1) is 0 Å². The summed E-state index contributed by atoms with van der Waals surface area (Å²) in [5.41, 5.74) is 0. The van der Waals surface area contributed by atoms with E-state index < -0.39 is 12.2 Å². The number of allylic oxidation sites excluding steroid dienone is 8. The molecule has 0 bridgehead atoms. The Hall–Kier alpha value is -1.19. The zero-order valence-electron chi connectivity index (χ0n) is 66.8. The number of hydrogen-bond donors (Lipinski definition) is 4. The second-order valence-corrected chi connectivity index (χ2v) is 33.3. The van der Waals surface area contributed by atoms with E-state index in [2.05, 4.69) is 95.9 Å². The summed E-state index contributed by atoms with van der Waals surface area (Å²) in [5.74, 6) is 2.05. The Balaban J connectivity index is 2.45. The highest BCUT2D eigenvalue weighted by molar-refractivity contribution is 8.76. The van der Waals surface area contributed by atoms with Crippen molar-refractivity contribution in [1.29, 1.82) is 0 Å². The van der Waals surface area contributed by atoms with Gasteiger partial charge in [-0.15, -0.1) is 0 Å². The van der Waals surface area contributed by atoms with Gasteiger partial charge in [0.2, 0.25) is 0 Å². The first-order valence-corrected chi connectivity index (χ1v) is 46.3. The maximum atomic E-state index is 12.9. The normalized spacial score (nSPS) is 14.8. The first-order chi connectivity index (χ1) is 49.2. The molecule has 0 aromatic rings. The minimum Gasteiger partial charge on any atom is -0.464 e. The lowest BCUT2D eigenvalue weighted by Crippen LogP contribution is -2.47. The molecular weight excluding hydrogens is 1270 g/mol. The van der Waals surface area contributed by atoms with Gasteiger partial charge in [-0.25, -0.2) is 0 Å². The molecule has 4 N–H and O–H groups in total. The zero-order chi connectivity index (χ0) is 72.2. The SMILES string of the molecule is CCCCCCCC/C=C\CCCCCC[C@@H](O)CN(CCCCC(=O)OCCN1CCN(CCSSCCCN(C[C@@H](O)CCCCCC/C=C\CCCCCCCC)C[C@@H](O)CCCCCC/C=C\CCCCCCCC)CC1)C[C@H](O)CCCCCC/C=C\CCCCCCCC. The van der Waals surface area contributed by atoms with Crippen LogP contribution in [0.2, 0.25) is 0 Å². The van der Waals surface area contributed by atoms with E-state index >= 15 is 0 Å². The van der Waals surface area contributed by atoms with Crippen LogP contribution in [0.3, 0.4) is 0 Å². The van der Waals surface area contributed by atoms with E-state index in [0.29, 0.717) is 39.2 Å². The molecule has 0 aromatic carbocycles. The van der Waals surface area contributed by atoms with E-state index in [4.69, 9.17) is 4.74 Å². The van der Waals surface area contributed by atoms with Crippen molar-refractivity contribution in [2.45, 2.75) is 412 Å². The molecule has 0 aliphatic carbocycles. The number of nitrogens with zero attached hydrogens (tertiary/aromatic N) is 4. The molecule has 0 unspecified atom stereocenters. The molecule has 1 heterocycles. The average molecular weight is 1440 g/mol. The van der Waals surface area contributed by atoms with Gasteiger partial charge in [-0.1, -0.05) is 303 Å². The van der Waals surface area contributed by atoms with Gasteiger partial charge in [0.05, 0.1) is 24.4 Å². The van der Waals surface area contributed by atoms with E-state index in [-0.39, 0.29) is 18.2 Å². The quantitative estimate of drug-likeness (QED) is 0.0201. The van der Waals surface area contributed by atoms with Crippen molar-refractivity contribution in [3.63, 3.8) is 0 Å². The topological polar surface area (TPSA) is 120 Å². The molecule has 1 rings (SSSR count). The number of ether oxygens (including phenoxy) is 1. The van der Waals surface area contributed by atoms with Crippen LogP contribution in [0.15, 0.2) is 48.6 Å². The predicted octanol–water partition coefficient (Wildman–Crippen LogP) is 23.7. The van der Waals surface area contributed by atoms with E-state index in [1.54, 1.807) is 0 Å². The second kappa shape index (κ2) is 78.9. The number of carbonyl (C=O) groups excluding carboxylic acids is 1. The Labute approximate surface area is 630 Å². The van der Waals surface area contributed by atoms with Crippen LogP contribution in [-0.2, 0) is 9.53 Å². The Morgan fingerprint density at radius 1 is 0.330 bits per heavy atom. The van der Waals surface area contributed by atoms with Crippen molar-refractivity contribution in [2.75, 3.05) is 96.6 Å². The number of esters is 1. The first kappa shape index (κ1) is 96.8. The summed E-state index contributed by atoms with van der Waals surface area (Å²) in [6.45, 7) is 19.7. The minimum atomic E-state index is -0.403. The maximum Gasteiger partial charge on any atom is 0.305 e. The third-order valence-corrected chi connectivity index (χ3v) is 23.1. The van der Waals surface area contributed by atoms with Crippen molar-refractivity contribution in [3.8, 4) is 0 Å². The van der Waals surface area contributed by atoms with Crippen molar-refractivity contribution in [3.05, 3.63) is 48.6 Å². The van der Waals surface area contributed by atoms with Crippen molar-refractivity contribution >= 4 is 27.6 Å². The molecule has 1 aliphatic heterocycles. The summed E-state index contributed by atoms with van der Waals surface area (Å²) in [6, 6.07) is 0. The fourth-order valence-electron chi connectivity index (χ4n) is 14.0. The molecule has 4 atom stereocenters. The summed E-state index contributed by atoms with van der Waals surface area (Å²) < 4.78 is 5.77. The highest BCUT2D eigenvalue weighted by Crippen LogP contribution is 2.24. The van der Waals surface area contributed by atoms with Gasteiger partial charge in [-0.2, -0.15) is 0 Å². The highest BCUT2D eigenvalue weighted by Gasteiger charge is 2.20. The average Bonchev–Trinajstić information content (AvgIpc) is 1.19. The summed E-state index contributed by atoms with van der Waals surface area (Å²) in [7, 11) is 3.95. The van der Waals surface area contributed by atoms with Gasteiger partial charge < -0.3 is 25.2 Å². The fraction of sp³-hybridized carbons (Fsp3) is 0.898. The Morgan fingerprint density at radius 2 is 0.590 bits per heavy atom. The standard InChI is InChI=1S/C88H170N4O6S2/c1-5-9-13-17-21-25-29-33-37-41-45-49-53-57-64-84(93)80-91(81-85(94)65-58-54-50-46-42-38-34-30-26-22-18-14-10-6-2)69-62-61-68-88(97)98-77-75-89-71-73-90(74-72-89)76-79-100-99-78-63-70-92(82-86(95)66-59-55-51-47-43-39-35-31-27-23-19-15-11-7-3)83-87(96)67-60-56-52-48-44-40-36-32-28-24-20-16-12-8-4/h33-40,84-87,93-96H,5-32,41-83H2,1-4H3/b37-33-,38-34-,39-35-,40-36-/t84-,85-,86+,87+/m1/s1. The van der Waals surface area contributed by atoms with E-state index in [9.17, 15) is 25.2 Å². The van der Waals surface area contributed by atoms with E-state index in [1.165, 1.54) is 257 Å². The Bertz CT molecular complexity index is 1680. The number of piperazine rings is 1. The molecule has 1 fully saturated rings. The summed E-state index contributed by atoms with van der Waals surface area (Å²) in [6.07, 6.45) is 84.8. The highest BCUT2D eigenvalue weighted by atomic mass is 33.1. The molecule has 1 aliphatic rings. The van der Waals surface area contributed by atoms with Crippen LogP contribution in [0.1, 0.15) is 387 Å². The van der Waals surface area contributed by atoms with Gasteiger partial charge in [-0.3, -0.25) is 24.4 Å². The third-order valence-electron chi connectivity index (χ3n) is 20.6. The molecule has 0 spiro atoms. The molecule has 0 saturated carbocycles. The van der Waals surface area contributed by atoms with Crippen LogP contribution in [0.5, 0.6) is 0 Å². The fourth-order valence-corrected chi connectivity index (χ4v) is 16.1. The number of unbranched alkanes of at least 4 members (excludes halogenated alkanes) is 41. The Morgan fingerprint density at radius 3 is 0.900 bits per heavy atom. The van der Waals surface area contributed by atoms with Gasteiger partial charge in [0.1, 0.15) is 6.61 Å². The minimum absolute atomic E-state index is 0.119. The van der Waals surface area contributed by atoms with Crippen LogP contribution in [0.25, 0.3) is 0 Å². The lowest BCUT2D eigenvalue weighted by Gasteiger charge is -2.34. The van der Waals surface area contributed by atoms with Crippen molar-refractivity contribution < 1.29 is 30.0 Å². The third kappa shape index (κ3) is 71.1. The van der Waals surface area contributed by atoms with Gasteiger partial charge in [-0.05, 0) is 161 Å². The first-order valence-electron chi connectivity index (χ1n) is 43.8. The monoisotopic (exact) mass is 1440 g/mol. The van der Waals surface area contributed by atoms with Crippen LogP contribution >= 0.6 is 21.6 Å². The van der Waals surface area contributed by atoms with Crippen molar-refractivity contribution in [1.82, 2.24) is 19.6 Å². The van der Waals surface area contributed by atoms with Crippen LogP contribution < -0.4 is 0 Å². The van der Waals surface area contributed by atoms with Crippen molar-refractivity contribution in [2.24, 2.45) is 0 Å². The number of aliphatic hydroxyl groups is 4. The molecule has 100 heavy (non-hydrogen) atoms. The molecule has 12 heteroatoms.